The van der Waals surface area contributed by atoms with E-state index < -0.39 is 0 Å². The van der Waals surface area contributed by atoms with Crippen molar-refractivity contribution in [3.05, 3.63) is 0 Å². The van der Waals surface area contributed by atoms with E-state index in [0.717, 1.165) is 25.7 Å². The van der Waals surface area contributed by atoms with Crippen LogP contribution in [0.15, 0.2) is 0 Å². The highest BCUT2D eigenvalue weighted by atomic mass is 16.5. The molecule has 2 rings (SSSR count). The van der Waals surface area contributed by atoms with E-state index in [9.17, 15) is 4.79 Å². The van der Waals surface area contributed by atoms with Crippen molar-refractivity contribution >= 4 is 5.91 Å². The van der Waals surface area contributed by atoms with Gasteiger partial charge in [-0.25, -0.2) is 0 Å². The van der Waals surface area contributed by atoms with Crippen LogP contribution >= 0.6 is 0 Å². The zero-order valence-electron chi connectivity index (χ0n) is 11.8. The molecule has 1 heterocycles. The molecule has 2 fully saturated rings. The topological polar surface area (TPSA) is 55.6 Å². The summed E-state index contributed by atoms with van der Waals surface area (Å²) in [6.45, 7) is 7.55. The minimum Gasteiger partial charge on any atom is -0.369 e. The van der Waals surface area contributed by atoms with Crippen molar-refractivity contribution in [1.82, 2.24) is 4.90 Å². The van der Waals surface area contributed by atoms with Crippen LogP contribution in [0.4, 0.5) is 0 Å². The number of ether oxygens (including phenoxy) is 1. The molecule has 1 aliphatic heterocycles. The van der Waals surface area contributed by atoms with Gasteiger partial charge in [-0.15, -0.1) is 0 Å². The largest absolute Gasteiger partial charge is 0.369 e. The predicted octanol–water partition coefficient (Wildman–Crippen LogP) is 1.53. The summed E-state index contributed by atoms with van der Waals surface area (Å²) in [5.74, 6) is 0.420. The summed E-state index contributed by atoms with van der Waals surface area (Å²) in [6.07, 6.45) is 4.12. The number of rotatable bonds is 1. The fourth-order valence-corrected chi connectivity index (χ4v) is 3.33. The lowest BCUT2D eigenvalue weighted by Gasteiger charge is -2.43. The molecular formula is C14H26N2O2. The van der Waals surface area contributed by atoms with Crippen LogP contribution in [-0.4, -0.2) is 41.6 Å². The maximum Gasteiger partial charge on any atom is 0.225 e. The number of nitrogens with zero attached hydrogens (tertiary/aromatic N) is 1. The zero-order chi connectivity index (χ0) is 13.3. The lowest BCUT2D eigenvalue weighted by molar-refractivity contribution is -0.162. The summed E-state index contributed by atoms with van der Waals surface area (Å²) in [6, 6.07) is 0.208. The molecule has 1 amide bonds. The van der Waals surface area contributed by atoms with E-state index >= 15 is 0 Å². The first-order chi connectivity index (χ1) is 8.37. The monoisotopic (exact) mass is 254 g/mol. The van der Waals surface area contributed by atoms with Crippen molar-refractivity contribution in [2.24, 2.45) is 11.7 Å². The molecule has 4 heteroatoms. The van der Waals surface area contributed by atoms with Gasteiger partial charge >= 0.3 is 0 Å². The van der Waals surface area contributed by atoms with Gasteiger partial charge < -0.3 is 15.4 Å². The Balaban J connectivity index is 1.99. The standard InChI is InChI=1S/C14H26N2O2/c1-10-8-16(9-14(2,3)18-10)13(17)11-5-4-6-12(15)7-11/h10-12H,4-9,15H2,1-3H3. The molecule has 1 aliphatic carbocycles. The maximum absolute atomic E-state index is 12.5. The fraction of sp³-hybridized carbons (Fsp3) is 0.929. The normalized spacial score (nSPS) is 36.4. The number of carbonyl (C=O) groups excluding carboxylic acids is 1. The number of morpholine rings is 1. The Labute approximate surface area is 110 Å². The molecule has 0 aromatic carbocycles. The van der Waals surface area contributed by atoms with E-state index in [1.165, 1.54) is 0 Å². The van der Waals surface area contributed by atoms with Crippen LogP contribution in [0.1, 0.15) is 46.5 Å². The molecule has 0 spiro atoms. The van der Waals surface area contributed by atoms with Crippen LogP contribution in [-0.2, 0) is 9.53 Å². The molecule has 0 aromatic rings. The molecule has 3 unspecified atom stereocenters. The van der Waals surface area contributed by atoms with Crippen LogP contribution in [0, 0.1) is 5.92 Å². The predicted molar refractivity (Wildman–Crippen MR) is 71.1 cm³/mol. The van der Waals surface area contributed by atoms with E-state index in [1.54, 1.807) is 0 Å². The highest BCUT2D eigenvalue weighted by Gasteiger charge is 2.37. The van der Waals surface area contributed by atoms with Crippen molar-refractivity contribution in [2.75, 3.05) is 13.1 Å². The Morgan fingerprint density at radius 1 is 1.39 bits per heavy atom. The van der Waals surface area contributed by atoms with Gasteiger partial charge in [-0.1, -0.05) is 6.42 Å². The zero-order valence-corrected chi connectivity index (χ0v) is 11.8. The lowest BCUT2D eigenvalue weighted by Crippen LogP contribution is -2.55. The first kappa shape index (κ1) is 13.8. The van der Waals surface area contributed by atoms with E-state index in [0.29, 0.717) is 13.1 Å². The van der Waals surface area contributed by atoms with E-state index in [1.807, 2.05) is 11.8 Å². The Hall–Kier alpha value is -0.610. The molecule has 2 N–H and O–H groups in total. The number of carbonyl (C=O) groups is 1. The van der Waals surface area contributed by atoms with Crippen LogP contribution in [0.5, 0.6) is 0 Å². The SMILES string of the molecule is CC1CN(C(=O)C2CCCC(N)C2)CC(C)(C)O1. The highest BCUT2D eigenvalue weighted by molar-refractivity contribution is 5.79. The molecule has 1 saturated carbocycles. The number of nitrogens with two attached hydrogens (primary N) is 1. The summed E-state index contributed by atoms with van der Waals surface area (Å²) < 4.78 is 5.84. The van der Waals surface area contributed by atoms with Gasteiger partial charge in [0.05, 0.1) is 11.7 Å². The second kappa shape index (κ2) is 5.17. The van der Waals surface area contributed by atoms with Gasteiger partial charge in [0, 0.05) is 25.0 Å². The average Bonchev–Trinajstić information content (AvgIpc) is 2.25. The molecule has 4 nitrogen and oxygen atoms in total. The molecule has 1 saturated heterocycles. The van der Waals surface area contributed by atoms with Crippen LogP contribution < -0.4 is 5.73 Å². The quantitative estimate of drug-likeness (QED) is 0.772. The third-order valence-electron chi connectivity index (χ3n) is 3.95. The van der Waals surface area contributed by atoms with Crippen LogP contribution in [0.25, 0.3) is 0 Å². The molecule has 0 radical (unpaired) electrons. The van der Waals surface area contributed by atoms with Crippen molar-refractivity contribution in [1.29, 1.82) is 0 Å². The Kier molecular flexibility index (Phi) is 3.97. The van der Waals surface area contributed by atoms with Crippen molar-refractivity contribution in [3.63, 3.8) is 0 Å². The first-order valence-corrected chi connectivity index (χ1v) is 7.09. The maximum atomic E-state index is 12.5. The Morgan fingerprint density at radius 3 is 2.72 bits per heavy atom. The second-order valence-electron chi connectivity index (χ2n) is 6.53. The smallest absolute Gasteiger partial charge is 0.225 e. The molecule has 104 valence electrons. The van der Waals surface area contributed by atoms with Gasteiger partial charge in [-0.2, -0.15) is 0 Å². The summed E-state index contributed by atoms with van der Waals surface area (Å²) in [5.41, 5.74) is 5.75. The van der Waals surface area contributed by atoms with Gasteiger partial charge in [-0.3, -0.25) is 4.79 Å². The van der Waals surface area contributed by atoms with E-state index in [-0.39, 0.29) is 29.6 Å². The van der Waals surface area contributed by atoms with Gasteiger partial charge in [0.2, 0.25) is 5.91 Å². The molecular weight excluding hydrogens is 228 g/mol. The van der Waals surface area contributed by atoms with Crippen molar-refractivity contribution in [2.45, 2.75) is 64.2 Å². The highest BCUT2D eigenvalue weighted by Crippen LogP contribution is 2.28. The van der Waals surface area contributed by atoms with Crippen molar-refractivity contribution < 1.29 is 9.53 Å². The van der Waals surface area contributed by atoms with Gasteiger partial charge in [0.25, 0.3) is 0 Å². The average molecular weight is 254 g/mol. The summed E-state index contributed by atoms with van der Waals surface area (Å²) in [4.78, 5) is 14.5. The molecule has 3 atom stereocenters. The Bertz CT molecular complexity index is 317. The third kappa shape index (κ3) is 3.23. The number of hydrogen-bond acceptors (Lipinski definition) is 3. The van der Waals surface area contributed by atoms with Gasteiger partial charge in [-0.05, 0) is 40.0 Å². The van der Waals surface area contributed by atoms with Gasteiger partial charge in [0.1, 0.15) is 0 Å². The lowest BCUT2D eigenvalue weighted by atomic mass is 9.85. The molecule has 0 aromatic heterocycles. The van der Waals surface area contributed by atoms with E-state index in [2.05, 4.69) is 13.8 Å². The molecule has 2 aliphatic rings. The molecule has 18 heavy (non-hydrogen) atoms. The Morgan fingerprint density at radius 2 is 2.11 bits per heavy atom. The van der Waals surface area contributed by atoms with E-state index in [4.69, 9.17) is 10.5 Å². The van der Waals surface area contributed by atoms with Crippen LogP contribution in [0.3, 0.4) is 0 Å². The summed E-state index contributed by atoms with van der Waals surface area (Å²) in [7, 11) is 0. The van der Waals surface area contributed by atoms with Crippen molar-refractivity contribution in [3.8, 4) is 0 Å². The van der Waals surface area contributed by atoms with Gasteiger partial charge in [0.15, 0.2) is 0 Å². The minimum atomic E-state index is -0.232. The third-order valence-corrected chi connectivity index (χ3v) is 3.95. The van der Waals surface area contributed by atoms with Crippen LogP contribution in [0.2, 0.25) is 0 Å². The second-order valence-corrected chi connectivity index (χ2v) is 6.53. The first-order valence-electron chi connectivity index (χ1n) is 7.09. The fourth-order valence-electron chi connectivity index (χ4n) is 3.33. The minimum absolute atomic E-state index is 0.120. The summed E-state index contributed by atoms with van der Waals surface area (Å²) in [5, 5.41) is 0. The number of hydrogen-bond donors (Lipinski definition) is 1. The summed E-state index contributed by atoms with van der Waals surface area (Å²) >= 11 is 0. The number of amides is 1. The molecule has 0 bridgehead atoms.